The Kier molecular flexibility index (Phi) is 4.04. The number of H-pyrrole nitrogens is 1. The number of nitrogens with zero attached hydrogens (tertiary/aromatic N) is 2. The average molecular weight is 225 g/mol. The van der Waals surface area contributed by atoms with Gasteiger partial charge in [0.05, 0.1) is 6.42 Å². The summed E-state index contributed by atoms with van der Waals surface area (Å²) in [6, 6.07) is 1.64. The van der Waals surface area contributed by atoms with Crippen molar-refractivity contribution in [2.75, 3.05) is 13.1 Å². The van der Waals surface area contributed by atoms with Crippen LogP contribution in [0, 0.1) is 6.92 Å². The zero-order chi connectivity index (χ0) is 12.1. The molecule has 0 aromatic carbocycles. The molecular formula is C10H15N3O3. The van der Waals surface area contributed by atoms with Crippen molar-refractivity contribution in [1.82, 2.24) is 15.1 Å². The minimum absolute atomic E-state index is 0.0526. The van der Waals surface area contributed by atoms with Crippen molar-refractivity contribution in [3.8, 4) is 0 Å². The van der Waals surface area contributed by atoms with E-state index in [1.165, 1.54) is 4.90 Å². The fourth-order valence-electron chi connectivity index (χ4n) is 1.32. The van der Waals surface area contributed by atoms with E-state index in [1.807, 2.05) is 0 Å². The second-order valence-corrected chi connectivity index (χ2v) is 3.46. The third-order valence-electron chi connectivity index (χ3n) is 2.19. The van der Waals surface area contributed by atoms with Crippen molar-refractivity contribution in [1.29, 1.82) is 0 Å². The molecule has 0 atom stereocenters. The van der Waals surface area contributed by atoms with Gasteiger partial charge in [-0.15, -0.1) is 0 Å². The highest BCUT2D eigenvalue weighted by molar-refractivity contribution is 5.92. The summed E-state index contributed by atoms with van der Waals surface area (Å²) in [4.78, 5) is 23.7. The van der Waals surface area contributed by atoms with Gasteiger partial charge in [0.1, 0.15) is 5.69 Å². The van der Waals surface area contributed by atoms with Gasteiger partial charge in [0.15, 0.2) is 0 Å². The van der Waals surface area contributed by atoms with E-state index in [2.05, 4.69) is 10.2 Å². The molecule has 1 heterocycles. The Balaban J connectivity index is 2.66. The molecule has 1 aromatic heterocycles. The Labute approximate surface area is 93.3 Å². The fourth-order valence-corrected chi connectivity index (χ4v) is 1.32. The summed E-state index contributed by atoms with van der Waals surface area (Å²) < 4.78 is 0. The second kappa shape index (κ2) is 5.29. The summed E-state index contributed by atoms with van der Waals surface area (Å²) in [5.74, 6) is -1.16. The van der Waals surface area contributed by atoms with Gasteiger partial charge in [0.2, 0.25) is 0 Å². The van der Waals surface area contributed by atoms with Crippen molar-refractivity contribution in [3.63, 3.8) is 0 Å². The maximum Gasteiger partial charge on any atom is 0.305 e. The number of amides is 1. The minimum atomic E-state index is -0.913. The summed E-state index contributed by atoms with van der Waals surface area (Å²) in [5.41, 5.74) is 1.13. The lowest BCUT2D eigenvalue weighted by Gasteiger charge is -2.18. The molecule has 0 aliphatic heterocycles. The maximum absolute atomic E-state index is 11.9. The van der Waals surface area contributed by atoms with Gasteiger partial charge in [-0.25, -0.2) is 0 Å². The maximum atomic E-state index is 11.9. The first-order chi connectivity index (χ1) is 7.54. The normalized spacial score (nSPS) is 10.1. The van der Waals surface area contributed by atoms with E-state index in [-0.39, 0.29) is 18.9 Å². The van der Waals surface area contributed by atoms with Crippen LogP contribution in [-0.2, 0) is 4.79 Å². The quantitative estimate of drug-likeness (QED) is 0.770. The summed E-state index contributed by atoms with van der Waals surface area (Å²) in [7, 11) is 0. The molecule has 0 radical (unpaired) electrons. The number of aromatic nitrogens is 2. The molecule has 88 valence electrons. The highest BCUT2D eigenvalue weighted by Gasteiger charge is 2.17. The number of carbonyl (C=O) groups excluding carboxylic acids is 1. The number of carboxylic acids is 1. The molecule has 1 aromatic rings. The Morgan fingerprint density at radius 2 is 2.25 bits per heavy atom. The largest absolute Gasteiger partial charge is 0.481 e. The summed E-state index contributed by atoms with van der Waals surface area (Å²) in [5, 5.41) is 15.1. The van der Waals surface area contributed by atoms with E-state index in [9.17, 15) is 9.59 Å². The molecule has 0 bridgehead atoms. The zero-order valence-electron chi connectivity index (χ0n) is 9.36. The number of hydrogen-bond donors (Lipinski definition) is 2. The van der Waals surface area contributed by atoms with Crippen LogP contribution in [0.5, 0.6) is 0 Å². The van der Waals surface area contributed by atoms with Crippen molar-refractivity contribution in [2.24, 2.45) is 0 Å². The lowest BCUT2D eigenvalue weighted by Crippen LogP contribution is -2.33. The van der Waals surface area contributed by atoms with Crippen LogP contribution in [0.3, 0.4) is 0 Å². The first-order valence-corrected chi connectivity index (χ1v) is 5.07. The van der Waals surface area contributed by atoms with E-state index in [1.54, 1.807) is 19.9 Å². The van der Waals surface area contributed by atoms with E-state index in [4.69, 9.17) is 5.11 Å². The second-order valence-electron chi connectivity index (χ2n) is 3.46. The van der Waals surface area contributed by atoms with Crippen LogP contribution in [0.2, 0.25) is 0 Å². The predicted octanol–water partition coefficient (Wildman–Crippen LogP) is 0.655. The number of carbonyl (C=O) groups is 2. The average Bonchev–Trinajstić information content (AvgIpc) is 2.65. The molecule has 2 N–H and O–H groups in total. The van der Waals surface area contributed by atoms with Gasteiger partial charge >= 0.3 is 5.97 Å². The molecule has 0 unspecified atom stereocenters. The third kappa shape index (κ3) is 3.08. The van der Waals surface area contributed by atoms with Crippen LogP contribution >= 0.6 is 0 Å². The molecule has 6 heteroatoms. The van der Waals surface area contributed by atoms with Crippen LogP contribution in [-0.4, -0.2) is 45.2 Å². The van der Waals surface area contributed by atoms with Gasteiger partial charge in [0, 0.05) is 18.8 Å². The molecule has 1 rings (SSSR count). The predicted molar refractivity (Wildman–Crippen MR) is 57.2 cm³/mol. The number of aryl methyl sites for hydroxylation is 1. The molecule has 6 nitrogen and oxygen atoms in total. The highest BCUT2D eigenvalue weighted by Crippen LogP contribution is 2.04. The highest BCUT2D eigenvalue weighted by atomic mass is 16.4. The van der Waals surface area contributed by atoms with Gasteiger partial charge in [-0.1, -0.05) is 0 Å². The number of rotatable bonds is 5. The fraction of sp³-hybridized carbons (Fsp3) is 0.500. The number of aromatic amines is 1. The summed E-state index contributed by atoms with van der Waals surface area (Å²) >= 11 is 0. The van der Waals surface area contributed by atoms with E-state index < -0.39 is 5.97 Å². The molecule has 0 aliphatic carbocycles. The van der Waals surface area contributed by atoms with Crippen molar-refractivity contribution < 1.29 is 14.7 Å². The van der Waals surface area contributed by atoms with E-state index >= 15 is 0 Å². The molecule has 0 fully saturated rings. The van der Waals surface area contributed by atoms with Gasteiger partial charge < -0.3 is 10.0 Å². The van der Waals surface area contributed by atoms with Crippen molar-refractivity contribution in [2.45, 2.75) is 20.3 Å². The van der Waals surface area contributed by atoms with Crippen LogP contribution in [0.25, 0.3) is 0 Å². The molecule has 0 saturated heterocycles. The first-order valence-electron chi connectivity index (χ1n) is 5.07. The van der Waals surface area contributed by atoms with E-state index in [0.29, 0.717) is 12.2 Å². The molecular weight excluding hydrogens is 210 g/mol. The van der Waals surface area contributed by atoms with Gasteiger partial charge in [0.25, 0.3) is 5.91 Å². The lowest BCUT2D eigenvalue weighted by molar-refractivity contribution is -0.137. The van der Waals surface area contributed by atoms with Crippen LogP contribution in [0.1, 0.15) is 29.5 Å². The Morgan fingerprint density at radius 1 is 1.56 bits per heavy atom. The van der Waals surface area contributed by atoms with Crippen molar-refractivity contribution in [3.05, 3.63) is 17.5 Å². The number of nitrogens with one attached hydrogen (secondary N) is 1. The van der Waals surface area contributed by atoms with Crippen LogP contribution < -0.4 is 0 Å². The number of aliphatic carboxylic acids is 1. The molecule has 0 saturated carbocycles. The summed E-state index contributed by atoms with van der Waals surface area (Å²) in [6.07, 6.45) is -0.0526. The first kappa shape index (κ1) is 12.2. The van der Waals surface area contributed by atoms with Gasteiger partial charge in [-0.3, -0.25) is 14.7 Å². The van der Waals surface area contributed by atoms with Gasteiger partial charge in [-0.2, -0.15) is 5.10 Å². The third-order valence-corrected chi connectivity index (χ3v) is 2.19. The summed E-state index contributed by atoms with van der Waals surface area (Å²) in [6.45, 7) is 4.28. The lowest BCUT2D eigenvalue weighted by atomic mass is 10.3. The minimum Gasteiger partial charge on any atom is -0.481 e. The number of carboxylic acid groups (broad SMARTS) is 1. The smallest absolute Gasteiger partial charge is 0.305 e. The monoisotopic (exact) mass is 225 g/mol. The molecule has 0 aliphatic rings. The van der Waals surface area contributed by atoms with Crippen LogP contribution in [0.15, 0.2) is 6.07 Å². The Hall–Kier alpha value is -1.85. The number of hydrogen-bond acceptors (Lipinski definition) is 3. The van der Waals surface area contributed by atoms with Crippen LogP contribution in [0.4, 0.5) is 0 Å². The topological polar surface area (TPSA) is 86.3 Å². The zero-order valence-corrected chi connectivity index (χ0v) is 9.36. The van der Waals surface area contributed by atoms with Crippen molar-refractivity contribution >= 4 is 11.9 Å². The Bertz CT molecular complexity index is 386. The molecule has 16 heavy (non-hydrogen) atoms. The standard InChI is InChI=1S/C10H15N3O3/c1-3-13(5-4-9(14)15)10(16)8-6-7(2)11-12-8/h6H,3-5H2,1-2H3,(H,11,12)(H,14,15). The molecule has 0 spiro atoms. The SMILES string of the molecule is CCN(CCC(=O)O)C(=O)c1cc(C)[nH]n1. The van der Waals surface area contributed by atoms with Gasteiger partial charge in [-0.05, 0) is 19.9 Å². The van der Waals surface area contributed by atoms with E-state index in [0.717, 1.165) is 5.69 Å². The Morgan fingerprint density at radius 3 is 2.69 bits per heavy atom. The molecule has 1 amide bonds.